The fraction of sp³-hybridized carbons (Fsp3) is 0.290. The van der Waals surface area contributed by atoms with E-state index in [-0.39, 0.29) is 46.0 Å². The second-order valence-corrected chi connectivity index (χ2v) is 10.6. The molecule has 1 aliphatic rings. The molecule has 1 saturated heterocycles. The number of carbonyl (C=O) groups is 1. The van der Waals surface area contributed by atoms with E-state index in [2.05, 4.69) is 16.5 Å². The highest BCUT2D eigenvalue weighted by atomic mass is 19.1. The minimum Gasteiger partial charge on any atom is -0.507 e. The fourth-order valence-electron chi connectivity index (χ4n) is 5.52. The second-order valence-electron chi connectivity index (χ2n) is 10.6. The molecule has 1 fully saturated rings. The van der Waals surface area contributed by atoms with E-state index in [4.69, 9.17) is 0 Å². The normalized spacial score (nSPS) is 15.5. The average molecular weight is 560 g/mol. The van der Waals surface area contributed by atoms with Gasteiger partial charge >= 0.3 is 5.69 Å². The molecule has 1 aliphatic heterocycles. The quantitative estimate of drug-likeness (QED) is 0.343. The molecule has 1 amide bonds. The van der Waals surface area contributed by atoms with Gasteiger partial charge in [-0.15, -0.1) is 0 Å². The molecule has 212 valence electrons. The number of phenolic OH excluding ortho intramolecular Hbond substituents is 1. The molecule has 0 bridgehead atoms. The van der Waals surface area contributed by atoms with Crippen molar-refractivity contribution in [1.29, 1.82) is 0 Å². The number of halogens is 2. The van der Waals surface area contributed by atoms with Crippen molar-refractivity contribution < 1.29 is 18.7 Å². The van der Waals surface area contributed by atoms with E-state index in [1.54, 1.807) is 9.80 Å². The van der Waals surface area contributed by atoms with Crippen molar-refractivity contribution in [3.05, 3.63) is 88.4 Å². The first-order valence-corrected chi connectivity index (χ1v) is 13.4. The van der Waals surface area contributed by atoms with Crippen molar-refractivity contribution in [2.75, 3.05) is 24.5 Å². The summed E-state index contributed by atoms with van der Waals surface area (Å²) in [7, 11) is 0. The standard InChI is InChI=1S/C31H31F2N5O3/c1-6-25(40)36-13-14-37(19(5)16-36)29-27-22(33)15-23(26-21(32)11-8-12-24(26)39)34-30(27)38(31(41)35-29)28-18(4)9-7-10-20(28)17(2)3/h6-12,15,17,19,39H,1,13-14,16H2,2-5H3/t19-/m0/s1. The van der Waals surface area contributed by atoms with Crippen LogP contribution in [-0.2, 0) is 4.79 Å². The zero-order valence-electron chi connectivity index (χ0n) is 23.4. The van der Waals surface area contributed by atoms with Crippen molar-refractivity contribution >= 4 is 22.8 Å². The molecule has 0 aliphatic carbocycles. The van der Waals surface area contributed by atoms with Crippen molar-refractivity contribution in [1.82, 2.24) is 19.4 Å². The van der Waals surface area contributed by atoms with E-state index in [0.29, 0.717) is 25.3 Å². The maximum absolute atomic E-state index is 16.3. The minimum absolute atomic E-state index is 0.00525. The number of hydrogen-bond acceptors (Lipinski definition) is 6. The Bertz CT molecular complexity index is 1730. The number of carbonyl (C=O) groups excluding carboxylic acids is 1. The summed E-state index contributed by atoms with van der Waals surface area (Å²) in [5.41, 5.74) is 0.935. The molecule has 5 rings (SSSR count). The molecule has 0 radical (unpaired) electrons. The number of phenols is 1. The Balaban J connectivity index is 1.84. The van der Waals surface area contributed by atoms with Gasteiger partial charge in [-0.3, -0.25) is 4.79 Å². The number of para-hydroxylation sites is 1. The Morgan fingerprint density at radius 2 is 1.85 bits per heavy atom. The Kier molecular flexibility index (Phi) is 7.33. The van der Waals surface area contributed by atoms with Crippen molar-refractivity contribution in [3.8, 4) is 22.7 Å². The van der Waals surface area contributed by atoms with Gasteiger partial charge in [0.2, 0.25) is 5.91 Å². The Hall–Kier alpha value is -4.60. The lowest BCUT2D eigenvalue weighted by atomic mass is 9.98. The van der Waals surface area contributed by atoms with Gasteiger partial charge in [-0.1, -0.05) is 44.7 Å². The first-order chi connectivity index (χ1) is 19.5. The number of aromatic hydroxyl groups is 1. The number of pyridine rings is 1. The maximum Gasteiger partial charge on any atom is 0.355 e. The third kappa shape index (κ3) is 4.83. The van der Waals surface area contributed by atoms with Gasteiger partial charge in [0, 0.05) is 31.7 Å². The van der Waals surface area contributed by atoms with Crippen LogP contribution in [-0.4, -0.2) is 56.1 Å². The first kappa shape index (κ1) is 27.9. The van der Waals surface area contributed by atoms with Gasteiger partial charge in [0.25, 0.3) is 0 Å². The van der Waals surface area contributed by atoms with Gasteiger partial charge in [-0.2, -0.15) is 4.98 Å². The van der Waals surface area contributed by atoms with Crippen LogP contribution >= 0.6 is 0 Å². The maximum atomic E-state index is 16.3. The second kappa shape index (κ2) is 10.8. The zero-order chi connectivity index (χ0) is 29.6. The van der Waals surface area contributed by atoms with Crippen LogP contribution in [0.5, 0.6) is 5.75 Å². The lowest BCUT2D eigenvalue weighted by molar-refractivity contribution is -0.126. The summed E-state index contributed by atoms with van der Waals surface area (Å²) in [6.07, 6.45) is 1.24. The number of benzene rings is 2. The first-order valence-electron chi connectivity index (χ1n) is 13.4. The number of piperazine rings is 1. The average Bonchev–Trinajstić information content (AvgIpc) is 2.92. The molecule has 0 saturated carbocycles. The molecule has 41 heavy (non-hydrogen) atoms. The zero-order valence-corrected chi connectivity index (χ0v) is 23.4. The lowest BCUT2D eigenvalue weighted by Crippen LogP contribution is -2.54. The number of hydrogen-bond donors (Lipinski definition) is 1. The highest BCUT2D eigenvalue weighted by Gasteiger charge is 2.31. The van der Waals surface area contributed by atoms with E-state index in [1.807, 2.05) is 45.9 Å². The van der Waals surface area contributed by atoms with Gasteiger partial charge < -0.3 is 14.9 Å². The molecule has 1 N–H and O–H groups in total. The Morgan fingerprint density at radius 3 is 2.51 bits per heavy atom. The topological polar surface area (TPSA) is 91.6 Å². The van der Waals surface area contributed by atoms with Crippen LogP contribution in [0.3, 0.4) is 0 Å². The van der Waals surface area contributed by atoms with Crippen molar-refractivity contribution in [2.45, 2.75) is 39.7 Å². The third-order valence-corrected chi connectivity index (χ3v) is 7.53. The van der Waals surface area contributed by atoms with Crippen LogP contribution in [0.15, 0.2) is 59.9 Å². The van der Waals surface area contributed by atoms with Crippen LogP contribution in [0.1, 0.15) is 37.8 Å². The summed E-state index contributed by atoms with van der Waals surface area (Å²) in [5.74, 6) is -2.09. The number of fused-ring (bicyclic) bond motifs is 1. The number of aryl methyl sites for hydroxylation is 1. The van der Waals surface area contributed by atoms with E-state index in [9.17, 15) is 19.1 Å². The number of aromatic nitrogens is 3. The fourth-order valence-corrected chi connectivity index (χ4v) is 5.52. The van der Waals surface area contributed by atoms with Crippen molar-refractivity contribution in [3.63, 3.8) is 0 Å². The number of rotatable bonds is 5. The van der Waals surface area contributed by atoms with Crippen LogP contribution in [0.25, 0.3) is 28.0 Å². The highest BCUT2D eigenvalue weighted by Crippen LogP contribution is 2.36. The van der Waals surface area contributed by atoms with Gasteiger partial charge in [-0.25, -0.2) is 23.1 Å². The van der Waals surface area contributed by atoms with E-state index < -0.39 is 23.1 Å². The van der Waals surface area contributed by atoms with Crippen LogP contribution in [0, 0.1) is 18.6 Å². The summed E-state index contributed by atoms with van der Waals surface area (Å²) in [6, 6.07) is 10.1. The summed E-state index contributed by atoms with van der Waals surface area (Å²) < 4.78 is 32.5. The van der Waals surface area contributed by atoms with E-state index in [0.717, 1.165) is 23.3 Å². The number of anilines is 1. The van der Waals surface area contributed by atoms with Crippen LogP contribution < -0.4 is 10.6 Å². The molecular weight excluding hydrogens is 528 g/mol. The van der Waals surface area contributed by atoms with Gasteiger partial charge in [0.1, 0.15) is 23.2 Å². The summed E-state index contributed by atoms with van der Waals surface area (Å²) >= 11 is 0. The molecule has 2 aromatic heterocycles. The predicted molar refractivity (Wildman–Crippen MR) is 155 cm³/mol. The SMILES string of the molecule is C=CC(=O)N1CCN(c2nc(=O)n(-c3c(C)cccc3C(C)C)c3nc(-c4c(O)cccc4F)cc(F)c23)[C@@H](C)C1. The molecule has 10 heteroatoms. The molecule has 2 aromatic carbocycles. The highest BCUT2D eigenvalue weighted by molar-refractivity contribution is 5.92. The van der Waals surface area contributed by atoms with E-state index in [1.165, 1.54) is 22.8 Å². The van der Waals surface area contributed by atoms with E-state index >= 15 is 4.39 Å². The summed E-state index contributed by atoms with van der Waals surface area (Å²) in [5, 5.41) is 10.4. The number of amides is 1. The molecule has 3 heterocycles. The number of nitrogens with zero attached hydrogens (tertiary/aromatic N) is 5. The molecular formula is C31H31F2N5O3. The molecule has 1 atom stereocenters. The van der Waals surface area contributed by atoms with Crippen LogP contribution in [0.2, 0.25) is 0 Å². The van der Waals surface area contributed by atoms with Gasteiger partial charge in [-0.05, 0) is 49.1 Å². The third-order valence-electron chi connectivity index (χ3n) is 7.53. The summed E-state index contributed by atoms with van der Waals surface area (Å²) in [6.45, 7) is 12.2. The molecule has 0 spiro atoms. The van der Waals surface area contributed by atoms with Crippen LogP contribution in [0.4, 0.5) is 14.6 Å². The summed E-state index contributed by atoms with van der Waals surface area (Å²) in [4.78, 5) is 38.6. The predicted octanol–water partition coefficient (Wildman–Crippen LogP) is 5.09. The Morgan fingerprint density at radius 1 is 1.12 bits per heavy atom. The molecule has 8 nitrogen and oxygen atoms in total. The smallest absolute Gasteiger partial charge is 0.355 e. The Labute approximate surface area is 236 Å². The van der Waals surface area contributed by atoms with Gasteiger partial charge in [0.05, 0.1) is 22.3 Å². The molecule has 0 unspecified atom stereocenters. The molecule has 4 aromatic rings. The monoisotopic (exact) mass is 559 g/mol. The largest absolute Gasteiger partial charge is 0.507 e. The lowest BCUT2D eigenvalue weighted by Gasteiger charge is -2.40. The van der Waals surface area contributed by atoms with Gasteiger partial charge in [0.15, 0.2) is 5.65 Å². The minimum atomic E-state index is -0.783. The van der Waals surface area contributed by atoms with Crippen molar-refractivity contribution in [2.24, 2.45) is 0 Å².